The van der Waals surface area contributed by atoms with Crippen LogP contribution in [0, 0.1) is 6.92 Å². The number of benzene rings is 1. The summed E-state index contributed by atoms with van der Waals surface area (Å²) >= 11 is 11.2. The molecule has 1 nitrogen and oxygen atoms in total. The number of Topliss-reactive ketones (excluding diaryl/α,β-unsaturated/α-hetero) is 1. The standard InChI is InChI=1S/C22H27ClOS/c1-6-17(18-7-8-21(16(4)24)15(3)11-18)13-22(5,25)19-9-14(2)10-20(23)12-19/h6,9-12,25H,7-8,13H2,1-5H3/b17-6+. The number of ketones is 1. The smallest absolute Gasteiger partial charge is 0.156 e. The second kappa shape index (κ2) is 7.97. The van der Waals surface area contributed by atoms with Gasteiger partial charge in [-0.3, -0.25) is 4.79 Å². The van der Waals surface area contributed by atoms with Crippen molar-refractivity contribution in [2.75, 3.05) is 0 Å². The molecule has 3 heteroatoms. The van der Waals surface area contributed by atoms with Gasteiger partial charge in [0.05, 0.1) is 0 Å². The van der Waals surface area contributed by atoms with Crippen molar-refractivity contribution >= 4 is 30.0 Å². The molecule has 0 spiro atoms. The Hall–Kier alpha value is -1.25. The van der Waals surface area contributed by atoms with Gasteiger partial charge in [-0.1, -0.05) is 29.8 Å². The minimum absolute atomic E-state index is 0.184. The van der Waals surface area contributed by atoms with Gasteiger partial charge in [-0.2, -0.15) is 12.6 Å². The summed E-state index contributed by atoms with van der Waals surface area (Å²) in [5, 5.41) is 0.749. The van der Waals surface area contributed by atoms with Crippen molar-refractivity contribution in [1.29, 1.82) is 0 Å². The van der Waals surface area contributed by atoms with E-state index in [-0.39, 0.29) is 10.5 Å². The van der Waals surface area contributed by atoms with Gasteiger partial charge in [0.2, 0.25) is 0 Å². The molecule has 0 heterocycles. The summed E-state index contributed by atoms with van der Waals surface area (Å²) in [5.41, 5.74) is 6.92. The molecule has 25 heavy (non-hydrogen) atoms. The maximum atomic E-state index is 11.7. The molecule has 0 aliphatic heterocycles. The summed E-state index contributed by atoms with van der Waals surface area (Å²) in [4.78, 5) is 11.7. The molecule has 0 amide bonds. The van der Waals surface area contributed by atoms with Crippen molar-refractivity contribution < 1.29 is 4.79 Å². The quantitative estimate of drug-likeness (QED) is 0.563. The molecule has 2 rings (SSSR count). The minimum atomic E-state index is -0.309. The first-order valence-corrected chi connectivity index (χ1v) is 9.53. The first kappa shape index (κ1) is 20.1. The Balaban J connectivity index is 2.31. The molecule has 1 aromatic rings. The van der Waals surface area contributed by atoms with Crippen LogP contribution < -0.4 is 0 Å². The van der Waals surface area contributed by atoms with E-state index in [9.17, 15) is 4.79 Å². The summed E-state index contributed by atoms with van der Waals surface area (Å²) in [6.45, 7) is 9.95. The molecule has 0 saturated heterocycles. The third kappa shape index (κ3) is 4.89. The zero-order valence-corrected chi connectivity index (χ0v) is 17.4. The zero-order valence-electron chi connectivity index (χ0n) is 15.7. The van der Waals surface area contributed by atoms with Crippen molar-refractivity contribution in [3.05, 3.63) is 68.8 Å². The molecule has 0 fully saturated rings. The molecule has 1 unspecified atom stereocenters. The van der Waals surface area contributed by atoms with Gasteiger partial charge in [-0.15, -0.1) is 0 Å². The van der Waals surface area contributed by atoms with E-state index < -0.39 is 0 Å². The fourth-order valence-electron chi connectivity index (χ4n) is 3.51. The predicted molar refractivity (Wildman–Crippen MR) is 112 cm³/mol. The molecular formula is C22H27ClOS. The molecule has 1 atom stereocenters. The molecule has 134 valence electrons. The van der Waals surface area contributed by atoms with Crippen molar-refractivity contribution in [3.8, 4) is 0 Å². The fourth-order valence-corrected chi connectivity index (χ4v) is 4.09. The normalized spacial score (nSPS) is 18.0. The lowest BCUT2D eigenvalue weighted by molar-refractivity contribution is -0.113. The van der Waals surface area contributed by atoms with Crippen LogP contribution in [0.15, 0.2) is 52.6 Å². The Kier molecular flexibility index (Phi) is 6.40. The predicted octanol–water partition coefficient (Wildman–Crippen LogP) is 6.76. The van der Waals surface area contributed by atoms with E-state index in [4.69, 9.17) is 24.2 Å². The number of rotatable bonds is 5. The molecule has 1 aromatic carbocycles. The van der Waals surface area contributed by atoms with Crippen LogP contribution in [0.5, 0.6) is 0 Å². The van der Waals surface area contributed by atoms with E-state index in [0.29, 0.717) is 0 Å². The molecular weight excluding hydrogens is 348 g/mol. The van der Waals surface area contributed by atoms with Crippen molar-refractivity contribution in [2.45, 2.75) is 58.6 Å². The van der Waals surface area contributed by atoms with Gasteiger partial charge in [-0.25, -0.2) is 0 Å². The van der Waals surface area contributed by atoms with Crippen molar-refractivity contribution in [1.82, 2.24) is 0 Å². The highest BCUT2D eigenvalue weighted by molar-refractivity contribution is 7.81. The Morgan fingerprint density at radius 1 is 1.28 bits per heavy atom. The van der Waals surface area contributed by atoms with Gasteiger partial charge in [0, 0.05) is 9.77 Å². The number of carbonyl (C=O) groups is 1. The molecule has 0 N–H and O–H groups in total. The third-order valence-electron chi connectivity index (χ3n) is 4.90. The second-order valence-corrected chi connectivity index (χ2v) is 8.59. The maximum Gasteiger partial charge on any atom is 0.156 e. The van der Waals surface area contributed by atoms with Crippen LogP contribution >= 0.6 is 24.2 Å². The van der Waals surface area contributed by atoms with Gasteiger partial charge >= 0.3 is 0 Å². The number of thiol groups is 1. The average molecular weight is 375 g/mol. The van der Waals surface area contributed by atoms with Crippen LogP contribution in [0.4, 0.5) is 0 Å². The molecule has 0 saturated carbocycles. The van der Waals surface area contributed by atoms with Crippen LogP contribution in [0.25, 0.3) is 0 Å². The Bertz CT molecular complexity index is 761. The van der Waals surface area contributed by atoms with Crippen LogP contribution in [0.2, 0.25) is 5.02 Å². The lowest BCUT2D eigenvalue weighted by Crippen LogP contribution is -2.17. The molecule has 1 aliphatic carbocycles. The summed E-state index contributed by atoms with van der Waals surface area (Å²) in [7, 11) is 0. The monoisotopic (exact) mass is 374 g/mol. The lowest BCUT2D eigenvalue weighted by Gasteiger charge is -2.28. The van der Waals surface area contributed by atoms with E-state index in [0.717, 1.165) is 46.6 Å². The molecule has 1 aliphatic rings. The number of carbonyl (C=O) groups excluding carboxylic acids is 1. The lowest BCUT2D eigenvalue weighted by atomic mass is 9.83. The topological polar surface area (TPSA) is 17.1 Å². The zero-order chi connectivity index (χ0) is 18.8. The Labute approximate surface area is 162 Å². The van der Waals surface area contributed by atoms with E-state index in [2.05, 4.69) is 39.0 Å². The van der Waals surface area contributed by atoms with Crippen LogP contribution in [-0.2, 0) is 9.54 Å². The van der Waals surface area contributed by atoms with Gasteiger partial charge in [0.25, 0.3) is 0 Å². The van der Waals surface area contributed by atoms with Gasteiger partial charge in [0.15, 0.2) is 5.78 Å². The van der Waals surface area contributed by atoms with Crippen LogP contribution in [0.1, 0.15) is 58.1 Å². The maximum absolute atomic E-state index is 11.7. The summed E-state index contributed by atoms with van der Waals surface area (Å²) in [6, 6.07) is 6.12. The number of allylic oxidation sites excluding steroid dienone is 6. The number of aryl methyl sites for hydroxylation is 1. The SMILES string of the molecule is C/C=C(\CC(C)(S)c1cc(C)cc(Cl)c1)C1=CC(C)=C(C(C)=O)CC1. The number of halogens is 1. The van der Waals surface area contributed by atoms with Crippen LogP contribution in [-0.4, -0.2) is 5.78 Å². The van der Waals surface area contributed by atoms with E-state index in [1.807, 2.05) is 19.1 Å². The highest BCUT2D eigenvalue weighted by atomic mass is 35.5. The molecule has 0 aromatic heterocycles. The Morgan fingerprint density at radius 3 is 2.48 bits per heavy atom. The summed E-state index contributed by atoms with van der Waals surface area (Å²) in [5.74, 6) is 0.184. The van der Waals surface area contributed by atoms with Gasteiger partial charge in [0.1, 0.15) is 0 Å². The van der Waals surface area contributed by atoms with Crippen LogP contribution in [0.3, 0.4) is 0 Å². The second-order valence-electron chi connectivity index (χ2n) is 7.17. The largest absolute Gasteiger partial charge is 0.295 e. The summed E-state index contributed by atoms with van der Waals surface area (Å²) < 4.78 is -0.309. The van der Waals surface area contributed by atoms with E-state index >= 15 is 0 Å². The first-order chi connectivity index (χ1) is 11.6. The number of hydrogen-bond acceptors (Lipinski definition) is 2. The summed E-state index contributed by atoms with van der Waals surface area (Å²) in [6.07, 6.45) is 6.89. The van der Waals surface area contributed by atoms with E-state index in [1.165, 1.54) is 11.1 Å². The first-order valence-electron chi connectivity index (χ1n) is 8.71. The molecule has 0 bridgehead atoms. The Morgan fingerprint density at radius 2 is 1.96 bits per heavy atom. The van der Waals surface area contributed by atoms with Crippen molar-refractivity contribution in [3.63, 3.8) is 0 Å². The van der Waals surface area contributed by atoms with E-state index in [1.54, 1.807) is 6.92 Å². The van der Waals surface area contributed by atoms with Gasteiger partial charge in [-0.05, 0) is 99.4 Å². The minimum Gasteiger partial charge on any atom is -0.295 e. The average Bonchev–Trinajstić information content (AvgIpc) is 2.51. The fraction of sp³-hybridized carbons (Fsp3) is 0.409. The highest BCUT2D eigenvalue weighted by Gasteiger charge is 2.26. The number of hydrogen-bond donors (Lipinski definition) is 1. The van der Waals surface area contributed by atoms with Gasteiger partial charge < -0.3 is 0 Å². The highest BCUT2D eigenvalue weighted by Crippen LogP contribution is 2.40. The van der Waals surface area contributed by atoms with Crippen molar-refractivity contribution in [2.24, 2.45) is 0 Å². The third-order valence-corrected chi connectivity index (χ3v) is 5.53. The molecule has 0 radical (unpaired) electrons.